The molecule has 1 saturated carbocycles. The van der Waals surface area contributed by atoms with E-state index in [2.05, 4.69) is 11.0 Å². The van der Waals surface area contributed by atoms with Crippen molar-refractivity contribution in [3.63, 3.8) is 0 Å². The number of thiocarbonyl (C=S) groups is 1. The molecule has 1 amide bonds. The summed E-state index contributed by atoms with van der Waals surface area (Å²) in [5.74, 6) is -0.0401. The highest BCUT2D eigenvalue weighted by Gasteiger charge is 2.38. The molecule has 0 N–H and O–H groups in total. The van der Waals surface area contributed by atoms with Gasteiger partial charge in [-0.15, -0.1) is 0 Å². The highest BCUT2D eigenvalue weighted by atomic mass is 32.2. The maximum Gasteiger partial charge on any atom is 0.266 e. The number of anilines is 1. The summed E-state index contributed by atoms with van der Waals surface area (Å²) < 4.78 is 2.33. The molecule has 2 aliphatic heterocycles. The number of rotatable bonds is 3. The predicted molar refractivity (Wildman–Crippen MR) is 133 cm³/mol. The number of pyridine rings is 1. The van der Waals surface area contributed by atoms with Gasteiger partial charge in [-0.3, -0.25) is 14.5 Å². The Kier molecular flexibility index (Phi) is 5.65. The van der Waals surface area contributed by atoms with Crippen molar-refractivity contribution in [3.05, 3.63) is 45.1 Å². The number of piperidine rings is 1. The van der Waals surface area contributed by atoms with Gasteiger partial charge in [-0.2, -0.15) is 0 Å². The van der Waals surface area contributed by atoms with Gasteiger partial charge in [-0.1, -0.05) is 55.0 Å². The minimum absolute atomic E-state index is 0.0401. The van der Waals surface area contributed by atoms with Crippen molar-refractivity contribution in [1.29, 1.82) is 0 Å². The number of carbonyl (C=O) groups excluding carboxylic acids is 1. The van der Waals surface area contributed by atoms with Crippen LogP contribution < -0.4 is 10.5 Å². The largest absolute Gasteiger partial charge is 0.370 e. The summed E-state index contributed by atoms with van der Waals surface area (Å²) in [5, 5.41) is 1.06. The molecule has 0 unspecified atom stereocenters. The summed E-state index contributed by atoms with van der Waals surface area (Å²) in [6, 6.07) is 8.27. The van der Waals surface area contributed by atoms with Crippen molar-refractivity contribution in [1.82, 2.24) is 9.47 Å². The first-order valence-corrected chi connectivity index (χ1v) is 12.4. The number of hydrogen-bond donors (Lipinski definition) is 0. The molecule has 3 heterocycles. The highest BCUT2D eigenvalue weighted by Crippen LogP contribution is 2.39. The van der Waals surface area contributed by atoms with Gasteiger partial charge in [0.15, 0.2) is 0 Å². The molecule has 1 aromatic carbocycles. The molecule has 162 valence electrons. The van der Waals surface area contributed by atoms with Crippen molar-refractivity contribution in [2.45, 2.75) is 51.0 Å². The molecular weight excluding hydrogens is 426 g/mol. The topological polar surface area (TPSA) is 45.6 Å². The normalized spacial score (nSPS) is 21.8. The maximum atomic E-state index is 13.5. The average molecular weight is 454 g/mol. The van der Waals surface area contributed by atoms with Gasteiger partial charge < -0.3 is 9.47 Å². The Morgan fingerprint density at radius 2 is 1.74 bits per heavy atom. The lowest BCUT2D eigenvalue weighted by atomic mass is 10.0. The van der Waals surface area contributed by atoms with Gasteiger partial charge in [0.05, 0.1) is 21.7 Å². The molecule has 0 atom stereocenters. The second-order valence-electron chi connectivity index (χ2n) is 8.68. The van der Waals surface area contributed by atoms with Crippen LogP contribution in [0.2, 0.25) is 0 Å². The first kappa shape index (κ1) is 20.8. The van der Waals surface area contributed by atoms with E-state index in [0.29, 0.717) is 14.8 Å². The zero-order valence-electron chi connectivity index (χ0n) is 17.8. The molecule has 31 heavy (non-hydrogen) atoms. The molecule has 1 aromatic heterocycles. The standard InChI is InChI=1S/C24H27N3O2S2/c1-25-19-12-6-5-11-17(19)21(26-13-7-2-8-14-26)18(22(25)28)15-20-23(29)27(24(30)31-20)16-9-3-4-10-16/h5-6,11-12,15-16H,2-4,7-10,13-14H2,1H3. The zero-order valence-corrected chi connectivity index (χ0v) is 19.4. The molecule has 2 saturated heterocycles. The van der Waals surface area contributed by atoms with Gasteiger partial charge in [0, 0.05) is 31.6 Å². The first-order chi connectivity index (χ1) is 15.1. The van der Waals surface area contributed by atoms with E-state index in [0.717, 1.165) is 68.2 Å². The molecule has 5 rings (SSSR count). The van der Waals surface area contributed by atoms with E-state index in [1.165, 1.54) is 18.2 Å². The number of amides is 1. The number of thioether (sulfide) groups is 1. The number of fused-ring (bicyclic) bond motifs is 1. The summed E-state index contributed by atoms with van der Waals surface area (Å²) in [6.07, 6.45) is 9.57. The van der Waals surface area contributed by atoms with Crippen LogP contribution in [-0.4, -0.2) is 38.8 Å². The van der Waals surface area contributed by atoms with E-state index in [4.69, 9.17) is 12.2 Å². The van der Waals surface area contributed by atoms with Crippen LogP contribution in [0.4, 0.5) is 5.69 Å². The summed E-state index contributed by atoms with van der Waals surface area (Å²) >= 11 is 6.92. The number of para-hydroxylation sites is 1. The Morgan fingerprint density at radius 1 is 1.03 bits per heavy atom. The molecule has 2 aromatic rings. The maximum absolute atomic E-state index is 13.5. The fourth-order valence-electron chi connectivity index (χ4n) is 5.18. The van der Waals surface area contributed by atoms with Crippen LogP contribution >= 0.6 is 24.0 Å². The van der Waals surface area contributed by atoms with Crippen LogP contribution in [0.1, 0.15) is 50.5 Å². The lowest BCUT2D eigenvalue weighted by Gasteiger charge is -2.31. The third-order valence-electron chi connectivity index (χ3n) is 6.77. The quantitative estimate of drug-likeness (QED) is 0.499. The smallest absolute Gasteiger partial charge is 0.266 e. The predicted octanol–water partition coefficient (Wildman–Crippen LogP) is 4.67. The van der Waals surface area contributed by atoms with E-state index < -0.39 is 0 Å². The molecule has 7 heteroatoms. The molecule has 1 aliphatic carbocycles. The Bertz CT molecular complexity index is 1140. The van der Waals surface area contributed by atoms with E-state index in [9.17, 15) is 9.59 Å². The Balaban J connectivity index is 1.66. The fraction of sp³-hybridized carbons (Fsp3) is 0.458. The SMILES string of the molecule is Cn1c(=O)c(C=C2SC(=S)N(C3CCCC3)C2=O)c(N2CCCCC2)c2ccccc21. The Labute approximate surface area is 192 Å². The third-order valence-corrected chi connectivity index (χ3v) is 8.10. The van der Waals surface area contributed by atoms with E-state index >= 15 is 0 Å². The van der Waals surface area contributed by atoms with Crippen molar-refractivity contribution in [2.24, 2.45) is 7.05 Å². The number of nitrogens with zero attached hydrogens (tertiary/aromatic N) is 3. The zero-order chi connectivity index (χ0) is 21.5. The van der Waals surface area contributed by atoms with E-state index in [1.54, 1.807) is 9.47 Å². The van der Waals surface area contributed by atoms with Gasteiger partial charge in [-0.05, 0) is 44.2 Å². The summed E-state index contributed by atoms with van der Waals surface area (Å²) in [6.45, 7) is 1.86. The van der Waals surface area contributed by atoms with Gasteiger partial charge in [0.1, 0.15) is 4.32 Å². The molecule has 3 fully saturated rings. The van der Waals surface area contributed by atoms with Gasteiger partial charge in [0.25, 0.3) is 11.5 Å². The van der Waals surface area contributed by atoms with E-state index in [-0.39, 0.29) is 17.5 Å². The average Bonchev–Trinajstić information content (AvgIpc) is 3.40. The minimum atomic E-state index is -0.0644. The highest BCUT2D eigenvalue weighted by molar-refractivity contribution is 8.26. The van der Waals surface area contributed by atoms with Crippen LogP contribution in [0.3, 0.4) is 0 Å². The summed E-state index contributed by atoms with van der Waals surface area (Å²) in [4.78, 5) is 31.5. The molecular formula is C24H27N3O2S2. The number of aryl methyl sites for hydroxylation is 1. The Hall–Kier alpha value is -2.12. The Morgan fingerprint density at radius 3 is 2.48 bits per heavy atom. The second kappa shape index (κ2) is 8.43. The molecule has 0 spiro atoms. The van der Waals surface area contributed by atoms with Crippen molar-refractivity contribution >= 4 is 56.9 Å². The first-order valence-electron chi connectivity index (χ1n) is 11.2. The lowest BCUT2D eigenvalue weighted by molar-refractivity contribution is -0.123. The van der Waals surface area contributed by atoms with Gasteiger partial charge in [-0.25, -0.2) is 0 Å². The second-order valence-corrected chi connectivity index (χ2v) is 10.4. The van der Waals surface area contributed by atoms with Crippen LogP contribution in [0.15, 0.2) is 34.0 Å². The van der Waals surface area contributed by atoms with Gasteiger partial charge in [0.2, 0.25) is 0 Å². The number of benzene rings is 1. The van der Waals surface area contributed by atoms with Crippen LogP contribution in [0.5, 0.6) is 0 Å². The number of carbonyl (C=O) groups is 1. The number of hydrogen-bond acceptors (Lipinski definition) is 5. The fourth-order valence-corrected chi connectivity index (χ4v) is 6.56. The van der Waals surface area contributed by atoms with E-state index in [1.807, 2.05) is 31.3 Å². The summed E-state index contributed by atoms with van der Waals surface area (Å²) in [5.41, 5.74) is 2.42. The summed E-state index contributed by atoms with van der Waals surface area (Å²) in [7, 11) is 1.81. The third kappa shape index (κ3) is 3.61. The minimum Gasteiger partial charge on any atom is -0.370 e. The lowest BCUT2D eigenvalue weighted by Crippen LogP contribution is -2.36. The molecule has 0 radical (unpaired) electrons. The van der Waals surface area contributed by atoms with Crippen LogP contribution in [0.25, 0.3) is 17.0 Å². The van der Waals surface area contributed by atoms with Crippen LogP contribution in [0, 0.1) is 0 Å². The molecule has 0 bridgehead atoms. The van der Waals surface area contributed by atoms with Crippen molar-refractivity contribution < 1.29 is 4.79 Å². The van der Waals surface area contributed by atoms with Crippen LogP contribution in [-0.2, 0) is 11.8 Å². The number of aromatic nitrogens is 1. The molecule has 5 nitrogen and oxygen atoms in total. The molecule has 3 aliphatic rings. The monoisotopic (exact) mass is 453 g/mol. The van der Waals surface area contributed by atoms with Gasteiger partial charge >= 0.3 is 0 Å². The van der Waals surface area contributed by atoms with Crippen molar-refractivity contribution in [2.75, 3.05) is 18.0 Å². The van der Waals surface area contributed by atoms with Crippen molar-refractivity contribution in [3.8, 4) is 0 Å².